The van der Waals surface area contributed by atoms with Gasteiger partial charge in [0, 0.05) is 56.2 Å². The first kappa shape index (κ1) is 31.9. The Morgan fingerprint density at radius 2 is 0.929 bits per heavy atom. The van der Waals surface area contributed by atoms with E-state index in [1.165, 1.54) is 0 Å². The van der Waals surface area contributed by atoms with Gasteiger partial charge in [0.25, 0.3) is 0 Å². The van der Waals surface area contributed by atoms with Gasteiger partial charge in [0.05, 0.1) is 11.4 Å². The van der Waals surface area contributed by atoms with Crippen molar-refractivity contribution in [1.29, 1.82) is 0 Å². The smallest absolute Gasteiger partial charge is 0.160 e. The van der Waals surface area contributed by atoms with Crippen molar-refractivity contribution in [2.45, 2.75) is 0 Å². The lowest BCUT2D eigenvalue weighted by molar-refractivity contribution is 0.668. The van der Waals surface area contributed by atoms with Gasteiger partial charge >= 0.3 is 0 Å². The molecule has 0 saturated heterocycles. The number of rotatable bonds is 6. The third-order valence-electron chi connectivity index (χ3n) is 10.6. The number of furan rings is 2. The Kier molecular flexibility index (Phi) is 7.42. The number of nitrogens with zero attached hydrogens (tertiary/aromatic N) is 3. The summed E-state index contributed by atoms with van der Waals surface area (Å²) in [6.07, 6.45) is 3.66. The maximum absolute atomic E-state index is 6.71. The van der Waals surface area contributed by atoms with Gasteiger partial charge in [-0.15, -0.1) is 0 Å². The van der Waals surface area contributed by atoms with Gasteiger partial charge in [-0.1, -0.05) is 140 Å². The van der Waals surface area contributed by atoms with Crippen molar-refractivity contribution >= 4 is 43.9 Å². The highest BCUT2D eigenvalue weighted by Gasteiger charge is 2.20. The fourth-order valence-electron chi connectivity index (χ4n) is 7.93. The first-order chi connectivity index (χ1) is 27.7. The molecule has 0 spiro atoms. The Morgan fingerprint density at radius 1 is 0.357 bits per heavy atom. The lowest BCUT2D eigenvalue weighted by Crippen LogP contribution is -1.96. The summed E-state index contributed by atoms with van der Waals surface area (Å²) in [7, 11) is 0. The van der Waals surface area contributed by atoms with E-state index in [-0.39, 0.29) is 0 Å². The second-order valence-electron chi connectivity index (χ2n) is 14.0. The number of aromatic nitrogens is 3. The molecular weight excluding hydrogens is 687 g/mol. The summed E-state index contributed by atoms with van der Waals surface area (Å²) in [6.45, 7) is 0. The van der Waals surface area contributed by atoms with E-state index >= 15 is 0 Å². The van der Waals surface area contributed by atoms with Crippen molar-refractivity contribution in [1.82, 2.24) is 15.0 Å². The summed E-state index contributed by atoms with van der Waals surface area (Å²) < 4.78 is 13.0. The van der Waals surface area contributed by atoms with Crippen molar-refractivity contribution in [3.63, 3.8) is 0 Å². The van der Waals surface area contributed by atoms with Crippen LogP contribution in [-0.2, 0) is 0 Å². The van der Waals surface area contributed by atoms with Gasteiger partial charge < -0.3 is 8.83 Å². The van der Waals surface area contributed by atoms with Gasteiger partial charge in [0.1, 0.15) is 22.3 Å². The van der Waals surface area contributed by atoms with E-state index in [0.717, 1.165) is 105 Å². The number of benzene rings is 7. The standard InChI is InChI=1S/C51H31N3O2/c1-2-10-34(11-3-1)43-30-44(54-51(53-43)36-25-19-32(20-26-36)37-12-9-29-52-31-37)35-23-21-33(22-24-35)38-27-28-40(49-42-14-5-7-17-46(42)56-50(38)49)39-15-8-18-47-48(39)41-13-4-6-16-45(41)55-47/h1-31H. The Balaban J connectivity index is 1.02. The molecule has 4 heterocycles. The highest BCUT2D eigenvalue weighted by atomic mass is 16.3. The fraction of sp³-hybridized carbons (Fsp3) is 0. The van der Waals surface area contributed by atoms with E-state index in [1.54, 1.807) is 6.20 Å². The molecule has 0 saturated carbocycles. The van der Waals surface area contributed by atoms with E-state index in [4.69, 9.17) is 18.8 Å². The lowest BCUT2D eigenvalue weighted by atomic mass is 9.92. The van der Waals surface area contributed by atoms with Crippen molar-refractivity contribution in [2.75, 3.05) is 0 Å². The number of para-hydroxylation sites is 2. The van der Waals surface area contributed by atoms with Crippen LogP contribution in [0.3, 0.4) is 0 Å². The zero-order valence-corrected chi connectivity index (χ0v) is 30.1. The zero-order chi connectivity index (χ0) is 37.0. The Morgan fingerprint density at radius 3 is 1.68 bits per heavy atom. The predicted octanol–water partition coefficient (Wildman–Crippen LogP) is 13.7. The van der Waals surface area contributed by atoms with Crippen molar-refractivity contribution in [2.24, 2.45) is 0 Å². The molecule has 5 heteroatoms. The van der Waals surface area contributed by atoms with Crippen LogP contribution in [0.15, 0.2) is 197 Å². The number of hydrogen-bond donors (Lipinski definition) is 0. The van der Waals surface area contributed by atoms with E-state index < -0.39 is 0 Å². The van der Waals surface area contributed by atoms with E-state index in [2.05, 4.69) is 126 Å². The minimum Gasteiger partial charge on any atom is -0.456 e. The zero-order valence-electron chi connectivity index (χ0n) is 30.1. The van der Waals surface area contributed by atoms with Crippen LogP contribution in [0.1, 0.15) is 0 Å². The van der Waals surface area contributed by atoms with Crippen LogP contribution in [0.25, 0.3) is 111 Å². The average Bonchev–Trinajstić information content (AvgIpc) is 3.86. The molecule has 0 fully saturated rings. The van der Waals surface area contributed by atoms with Gasteiger partial charge in [-0.05, 0) is 64.2 Å². The highest BCUT2D eigenvalue weighted by molar-refractivity contribution is 6.21. The third kappa shape index (κ3) is 5.37. The second-order valence-corrected chi connectivity index (χ2v) is 14.0. The molecule has 11 aromatic rings. The average molecular weight is 718 g/mol. The second kappa shape index (κ2) is 13.0. The summed E-state index contributed by atoms with van der Waals surface area (Å²) in [5, 5.41) is 4.37. The van der Waals surface area contributed by atoms with Crippen LogP contribution in [-0.4, -0.2) is 15.0 Å². The van der Waals surface area contributed by atoms with Gasteiger partial charge in [0.2, 0.25) is 0 Å². The van der Waals surface area contributed by atoms with Gasteiger partial charge in [0.15, 0.2) is 5.82 Å². The molecule has 56 heavy (non-hydrogen) atoms. The van der Waals surface area contributed by atoms with Gasteiger partial charge in [-0.25, -0.2) is 9.97 Å². The van der Waals surface area contributed by atoms with Crippen LogP contribution in [0.2, 0.25) is 0 Å². The molecule has 11 rings (SSSR count). The Hall–Kier alpha value is -7.63. The van der Waals surface area contributed by atoms with E-state index in [1.807, 2.05) is 60.8 Å². The molecule has 4 aromatic heterocycles. The van der Waals surface area contributed by atoms with Crippen molar-refractivity contribution in [3.8, 4) is 67.3 Å². The summed E-state index contributed by atoms with van der Waals surface area (Å²) >= 11 is 0. The first-order valence-corrected chi connectivity index (χ1v) is 18.7. The highest BCUT2D eigenvalue weighted by Crippen LogP contribution is 2.45. The molecule has 0 aliphatic heterocycles. The molecule has 0 aliphatic rings. The van der Waals surface area contributed by atoms with Crippen LogP contribution < -0.4 is 0 Å². The molecule has 0 radical (unpaired) electrons. The van der Waals surface area contributed by atoms with Crippen LogP contribution in [0.5, 0.6) is 0 Å². The SMILES string of the molecule is c1ccc(-c2cc(-c3ccc(-c4ccc(-c5cccc6oc7ccccc7c56)c5c4oc4ccccc45)cc3)nc(-c3ccc(-c4cccnc4)cc3)n2)cc1. The predicted molar refractivity (Wildman–Crippen MR) is 227 cm³/mol. The summed E-state index contributed by atoms with van der Waals surface area (Å²) in [5.41, 5.74) is 14.6. The molecule has 0 amide bonds. The molecule has 0 N–H and O–H groups in total. The molecule has 0 atom stereocenters. The van der Waals surface area contributed by atoms with Gasteiger partial charge in [-0.2, -0.15) is 0 Å². The molecule has 262 valence electrons. The van der Waals surface area contributed by atoms with Crippen molar-refractivity contribution in [3.05, 3.63) is 188 Å². The fourth-order valence-corrected chi connectivity index (χ4v) is 7.93. The minimum absolute atomic E-state index is 0.670. The van der Waals surface area contributed by atoms with Crippen molar-refractivity contribution < 1.29 is 8.83 Å². The molecule has 0 bridgehead atoms. The molecule has 0 unspecified atom stereocenters. The maximum atomic E-state index is 6.71. The molecule has 0 aliphatic carbocycles. The summed E-state index contributed by atoms with van der Waals surface area (Å²) in [4.78, 5) is 14.4. The van der Waals surface area contributed by atoms with Crippen LogP contribution in [0.4, 0.5) is 0 Å². The Bertz CT molecular complexity index is 3220. The van der Waals surface area contributed by atoms with E-state index in [0.29, 0.717) is 5.82 Å². The topological polar surface area (TPSA) is 65.0 Å². The number of pyridine rings is 1. The summed E-state index contributed by atoms with van der Waals surface area (Å²) in [6, 6.07) is 60.6. The number of fused-ring (bicyclic) bond motifs is 6. The monoisotopic (exact) mass is 717 g/mol. The maximum Gasteiger partial charge on any atom is 0.160 e. The molecular formula is C51H31N3O2. The van der Waals surface area contributed by atoms with Crippen LogP contribution >= 0.6 is 0 Å². The summed E-state index contributed by atoms with van der Waals surface area (Å²) in [5.74, 6) is 0.670. The lowest BCUT2D eigenvalue weighted by Gasteiger charge is -2.12. The number of hydrogen-bond acceptors (Lipinski definition) is 5. The first-order valence-electron chi connectivity index (χ1n) is 18.7. The van der Waals surface area contributed by atoms with E-state index in [9.17, 15) is 0 Å². The third-order valence-corrected chi connectivity index (χ3v) is 10.6. The largest absolute Gasteiger partial charge is 0.456 e. The van der Waals surface area contributed by atoms with Crippen LogP contribution in [0, 0.1) is 0 Å². The molecule has 5 nitrogen and oxygen atoms in total. The molecule has 7 aromatic carbocycles. The normalized spacial score (nSPS) is 11.6. The minimum atomic E-state index is 0.670. The quantitative estimate of drug-likeness (QED) is 0.171. The van der Waals surface area contributed by atoms with Gasteiger partial charge in [-0.3, -0.25) is 4.98 Å². The Labute approximate surface area is 322 Å².